The van der Waals surface area contributed by atoms with E-state index >= 15 is 0 Å². The molecule has 0 aliphatic carbocycles. The van der Waals surface area contributed by atoms with Crippen molar-refractivity contribution >= 4 is 11.4 Å². The summed E-state index contributed by atoms with van der Waals surface area (Å²) in [7, 11) is 0. The fraction of sp³-hybridized carbons (Fsp3) is 0.538. The van der Waals surface area contributed by atoms with Crippen LogP contribution in [0.1, 0.15) is 25.3 Å². The Bertz CT molecular complexity index is 346. The molecule has 82 valence electrons. The highest BCUT2D eigenvalue weighted by Gasteiger charge is 2.17. The molecule has 1 atom stereocenters. The molecule has 1 fully saturated rings. The number of hydrogen-bond donors (Lipinski definition) is 1. The first-order chi connectivity index (χ1) is 7.16. The first-order valence-corrected chi connectivity index (χ1v) is 5.78. The van der Waals surface area contributed by atoms with Crippen molar-refractivity contribution in [2.45, 2.75) is 26.7 Å². The summed E-state index contributed by atoms with van der Waals surface area (Å²) in [6.45, 7) is 6.85. The maximum absolute atomic E-state index is 5.77. The van der Waals surface area contributed by atoms with Crippen LogP contribution in [0.3, 0.4) is 0 Å². The smallest absolute Gasteiger partial charge is 0.0397 e. The quantitative estimate of drug-likeness (QED) is 0.713. The molecule has 1 aliphatic rings. The van der Waals surface area contributed by atoms with Gasteiger partial charge in [-0.05, 0) is 49.4 Å². The monoisotopic (exact) mass is 204 g/mol. The Morgan fingerprint density at radius 1 is 1.40 bits per heavy atom. The summed E-state index contributed by atoms with van der Waals surface area (Å²) >= 11 is 0. The van der Waals surface area contributed by atoms with Crippen molar-refractivity contribution in [3.8, 4) is 0 Å². The molecule has 0 aromatic heterocycles. The summed E-state index contributed by atoms with van der Waals surface area (Å²) in [6.07, 6.45) is 2.68. The zero-order valence-corrected chi connectivity index (χ0v) is 9.66. The number of nitrogen functional groups attached to an aromatic ring is 1. The lowest BCUT2D eigenvalue weighted by Crippen LogP contribution is -2.34. The molecule has 0 spiro atoms. The van der Waals surface area contributed by atoms with Gasteiger partial charge in [0.25, 0.3) is 0 Å². The molecular formula is C13H20N2. The number of rotatable bonds is 1. The van der Waals surface area contributed by atoms with Crippen molar-refractivity contribution in [2.24, 2.45) is 5.92 Å². The SMILES string of the molecule is Cc1cc(N)ccc1N1CCCC(C)C1. The average Bonchev–Trinajstić information content (AvgIpc) is 2.17. The molecule has 1 aliphatic heterocycles. The van der Waals surface area contributed by atoms with Crippen molar-refractivity contribution < 1.29 is 0 Å². The molecular weight excluding hydrogens is 184 g/mol. The molecule has 1 unspecified atom stereocenters. The zero-order chi connectivity index (χ0) is 10.8. The molecule has 1 aromatic carbocycles. The summed E-state index contributed by atoms with van der Waals surface area (Å²) in [6, 6.07) is 6.22. The zero-order valence-electron chi connectivity index (χ0n) is 9.66. The van der Waals surface area contributed by atoms with Gasteiger partial charge in [0.1, 0.15) is 0 Å². The summed E-state index contributed by atoms with van der Waals surface area (Å²) < 4.78 is 0. The normalized spacial score (nSPS) is 21.7. The summed E-state index contributed by atoms with van der Waals surface area (Å²) in [5, 5.41) is 0. The van der Waals surface area contributed by atoms with Crippen LogP contribution in [0.2, 0.25) is 0 Å². The Morgan fingerprint density at radius 2 is 2.20 bits per heavy atom. The van der Waals surface area contributed by atoms with Crippen LogP contribution in [0.15, 0.2) is 18.2 Å². The van der Waals surface area contributed by atoms with Gasteiger partial charge in [-0.15, -0.1) is 0 Å². The fourth-order valence-corrected chi connectivity index (χ4v) is 2.44. The third-order valence-corrected chi connectivity index (χ3v) is 3.22. The van der Waals surface area contributed by atoms with E-state index in [2.05, 4.69) is 30.9 Å². The molecule has 2 rings (SSSR count). The summed E-state index contributed by atoms with van der Waals surface area (Å²) in [4.78, 5) is 2.49. The molecule has 15 heavy (non-hydrogen) atoms. The number of aryl methyl sites for hydroxylation is 1. The van der Waals surface area contributed by atoms with Crippen LogP contribution in [0.5, 0.6) is 0 Å². The van der Waals surface area contributed by atoms with Crippen LogP contribution < -0.4 is 10.6 Å². The van der Waals surface area contributed by atoms with Gasteiger partial charge in [-0.25, -0.2) is 0 Å². The third-order valence-electron chi connectivity index (χ3n) is 3.22. The first-order valence-electron chi connectivity index (χ1n) is 5.78. The van der Waals surface area contributed by atoms with E-state index in [9.17, 15) is 0 Å². The lowest BCUT2D eigenvalue weighted by Gasteiger charge is -2.33. The second kappa shape index (κ2) is 4.13. The highest BCUT2D eigenvalue weighted by molar-refractivity contribution is 5.59. The topological polar surface area (TPSA) is 29.3 Å². The molecule has 2 nitrogen and oxygen atoms in total. The molecule has 2 N–H and O–H groups in total. The van der Waals surface area contributed by atoms with E-state index in [0.29, 0.717) is 0 Å². The summed E-state index contributed by atoms with van der Waals surface area (Å²) in [5.41, 5.74) is 9.28. The van der Waals surface area contributed by atoms with Crippen LogP contribution in [0.25, 0.3) is 0 Å². The van der Waals surface area contributed by atoms with Crippen LogP contribution >= 0.6 is 0 Å². The lowest BCUT2D eigenvalue weighted by atomic mass is 9.99. The van der Waals surface area contributed by atoms with E-state index in [0.717, 1.165) is 11.6 Å². The Labute approximate surface area is 92.1 Å². The number of anilines is 2. The van der Waals surface area contributed by atoms with E-state index in [4.69, 9.17) is 5.73 Å². The standard InChI is InChI=1S/C13H20N2/c1-10-4-3-7-15(9-10)13-6-5-12(14)8-11(13)2/h5-6,8,10H,3-4,7,9,14H2,1-2H3. The Balaban J connectivity index is 2.21. The van der Waals surface area contributed by atoms with Crippen LogP contribution in [0.4, 0.5) is 11.4 Å². The predicted molar refractivity (Wildman–Crippen MR) is 66.2 cm³/mol. The van der Waals surface area contributed by atoms with Crippen LogP contribution in [-0.4, -0.2) is 13.1 Å². The van der Waals surface area contributed by atoms with Gasteiger partial charge >= 0.3 is 0 Å². The van der Waals surface area contributed by atoms with Crippen LogP contribution in [0, 0.1) is 12.8 Å². The fourth-order valence-electron chi connectivity index (χ4n) is 2.44. The largest absolute Gasteiger partial charge is 0.399 e. The van der Waals surface area contributed by atoms with E-state index in [1.165, 1.54) is 37.2 Å². The van der Waals surface area contributed by atoms with E-state index in [1.807, 2.05) is 6.07 Å². The third kappa shape index (κ3) is 2.25. The van der Waals surface area contributed by atoms with Gasteiger partial charge in [0, 0.05) is 24.5 Å². The lowest BCUT2D eigenvalue weighted by molar-refractivity contribution is 0.446. The minimum absolute atomic E-state index is 0.815. The van der Waals surface area contributed by atoms with Crippen molar-refractivity contribution in [2.75, 3.05) is 23.7 Å². The number of hydrogen-bond acceptors (Lipinski definition) is 2. The molecule has 0 amide bonds. The van der Waals surface area contributed by atoms with Crippen molar-refractivity contribution in [3.63, 3.8) is 0 Å². The van der Waals surface area contributed by atoms with E-state index in [1.54, 1.807) is 0 Å². The van der Waals surface area contributed by atoms with Gasteiger partial charge < -0.3 is 10.6 Å². The molecule has 0 radical (unpaired) electrons. The second-order valence-corrected chi connectivity index (χ2v) is 4.74. The molecule has 1 heterocycles. The Kier molecular flexibility index (Phi) is 2.85. The minimum Gasteiger partial charge on any atom is -0.399 e. The number of piperidine rings is 1. The molecule has 0 bridgehead atoms. The minimum atomic E-state index is 0.815. The van der Waals surface area contributed by atoms with Gasteiger partial charge in [0.2, 0.25) is 0 Å². The molecule has 2 heteroatoms. The van der Waals surface area contributed by atoms with E-state index in [-0.39, 0.29) is 0 Å². The van der Waals surface area contributed by atoms with E-state index < -0.39 is 0 Å². The van der Waals surface area contributed by atoms with Crippen LogP contribution in [-0.2, 0) is 0 Å². The van der Waals surface area contributed by atoms with Gasteiger partial charge in [0.05, 0.1) is 0 Å². The molecule has 0 saturated carbocycles. The second-order valence-electron chi connectivity index (χ2n) is 4.74. The number of benzene rings is 1. The maximum Gasteiger partial charge on any atom is 0.0397 e. The number of nitrogens with two attached hydrogens (primary N) is 1. The van der Waals surface area contributed by atoms with Crippen molar-refractivity contribution in [1.29, 1.82) is 0 Å². The van der Waals surface area contributed by atoms with Gasteiger partial charge in [-0.1, -0.05) is 6.92 Å². The summed E-state index contributed by atoms with van der Waals surface area (Å²) in [5.74, 6) is 0.815. The molecule has 1 saturated heterocycles. The van der Waals surface area contributed by atoms with Crippen molar-refractivity contribution in [1.82, 2.24) is 0 Å². The van der Waals surface area contributed by atoms with Crippen molar-refractivity contribution in [3.05, 3.63) is 23.8 Å². The Hall–Kier alpha value is -1.18. The highest BCUT2D eigenvalue weighted by Crippen LogP contribution is 2.27. The van der Waals surface area contributed by atoms with Gasteiger partial charge in [-0.3, -0.25) is 0 Å². The Morgan fingerprint density at radius 3 is 2.87 bits per heavy atom. The predicted octanol–water partition coefficient (Wildman–Crippen LogP) is 2.81. The number of nitrogens with zero attached hydrogens (tertiary/aromatic N) is 1. The van der Waals surface area contributed by atoms with Gasteiger partial charge in [0.15, 0.2) is 0 Å². The highest BCUT2D eigenvalue weighted by atomic mass is 15.1. The maximum atomic E-state index is 5.77. The molecule has 1 aromatic rings. The first kappa shape index (κ1) is 10.3. The van der Waals surface area contributed by atoms with Gasteiger partial charge in [-0.2, -0.15) is 0 Å². The average molecular weight is 204 g/mol.